The molecule has 0 radical (unpaired) electrons. The summed E-state index contributed by atoms with van der Waals surface area (Å²) in [6, 6.07) is 3.57. The van der Waals surface area contributed by atoms with Gasteiger partial charge in [0, 0.05) is 36.3 Å². The van der Waals surface area contributed by atoms with Crippen molar-refractivity contribution in [1.29, 1.82) is 0 Å². The number of fused-ring (bicyclic) bond motifs is 1. The average molecular weight is 442 g/mol. The summed E-state index contributed by atoms with van der Waals surface area (Å²) in [6.07, 6.45) is 1.67. The first kappa shape index (κ1) is 20.6. The highest BCUT2D eigenvalue weighted by molar-refractivity contribution is 5.84. The van der Waals surface area contributed by atoms with Crippen LogP contribution in [0.5, 0.6) is 0 Å². The van der Waals surface area contributed by atoms with Gasteiger partial charge in [-0.1, -0.05) is 12.1 Å². The molecule has 1 saturated heterocycles. The van der Waals surface area contributed by atoms with Gasteiger partial charge in [0.25, 0.3) is 0 Å². The Bertz CT molecular complexity index is 1180. The van der Waals surface area contributed by atoms with Crippen molar-refractivity contribution in [2.24, 2.45) is 0 Å². The van der Waals surface area contributed by atoms with Crippen LogP contribution in [-0.4, -0.2) is 39.1 Å². The van der Waals surface area contributed by atoms with Crippen molar-refractivity contribution in [3.8, 4) is 11.5 Å². The number of piperidine rings is 1. The Hall–Kier alpha value is -3.27. The predicted molar refractivity (Wildman–Crippen MR) is 112 cm³/mol. The second-order valence-corrected chi connectivity index (χ2v) is 7.92. The molecular formula is C22H21F3N6O. The van der Waals surface area contributed by atoms with Gasteiger partial charge in [-0.15, -0.1) is 0 Å². The van der Waals surface area contributed by atoms with E-state index in [0.717, 1.165) is 32.1 Å². The standard InChI is InChI=1S/C22H21F3N6O/c1-12-20(32-11-28-12)18-7-4-14-15(5-6-17(14)30-18)19-16(22(23,24)25)10-27-21(31-19)29-13-3-2-8-26-9-13/h4-5,7,10-11,13,26H,2-3,6,8-9H2,1H3,(H,27,29,31)/t13-/m0/s1. The van der Waals surface area contributed by atoms with E-state index in [1.807, 2.05) is 6.92 Å². The van der Waals surface area contributed by atoms with Crippen LogP contribution in [0.3, 0.4) is 0 Å². The molecule has 0 aromatic carbocycles. The molecule has 2 aliphatic rings. The molecule has 1 atom stereocenters. The molecule has 4 heterocycles. The van der Waals surface area contributed by atoms with Crippen molar-refractivity contribution in [3.63, 3.8) is 0 Å². The highest BCUT2D eigenvalue weighted by Crippen LogP contribution is 2.40. The van der Waals surface area contributed by atoms with Gasteiger partial charge in [-0.3, -0.25) is 0 Å². The number of anilines is 1. The third kappa shape index (κ3) is 3.86. The van der Waals surface area contributed by atoms with Crippen molar-refractivity contribution >= 4 is 11.5 Å². The van der Waals surface area contributed by atoms with E-state index in [0.29, 0.717) is 40.4 Å². The Balaban J connectivity index is 1.51. The Labute approximate surface area is 182 Å². The van der Waals surface area contributed by atoms with E-state index in [9.17, 15) is 13.2 Å². The number of halogens is 3. The molecule has 0 amide bonds. The second kappa shape index (κ2) is 8.01. The van der Waals surface area contributed by atoms with Gasteiger partial charge in [0.1, 0.15) is 11.3 Å². The summed E-state index contributed by atoms with van der Waals surface area (Å²) in [5.41, 5.74) is 2.01. The number of nitrogens with zero attached hydrogens (tertiary/aromatic N) is 4. The zero-order valence-corrected chi connectivity index (χ0v) is 17.3. The van der Waals surface area contributed by atoms with Gasteiger partial charge in [0.2, 0.25) is 5.95 Å². The first-order valence-corrected chi connectivity index (χ1v) is 10.4. The summed E-state index contributed by atoms with van der Waals surface area (Å²) in [5.74, 6) is 0.741. The summed E-state index contributed by atoms with van der Waals surface area (Å²) in [6.45, 7) is 3.47. The number of rotatable bonds is 4. The molecule has 0 unspecified atom stereocenters. The quantitative estimate of drug-likeness (QED) is 0.631. The second-order valence-electron chi connectivity index (χ2n) is 7.92. The molecule has 3 aromatic rings. The number of allylic oxidation sites excluding steroid dienone is 1. The Morgan fingerprint density at radius 1 is 1.19 bits per heavy atom. The minimum Gasteiger partial charge on any atom is -0.442 e. The first-order valence-electron chi connectivity index (χ1n) is 10.4. The largest absolute Gasteiger partial charge is 0.442 e. The van der Waals surface area contributed by atoms with Gasteiger partial charge in [-0.05, 0) is 32.4 Å². The van der Waals surface area contributed by atoms with E-state index < -0.39 is 11.7 Å². The summed E-state index contributed by atoms with van der Waals surface area (Å²) in [5, 5.41) is 6.43. The normalized spacial score (nSPS) is 18.4. The van der Waals surface area contributed by atoms with E-state index in [1.165, 1.54) is 6.39 Å². The fraction of sp³-hybridized carbons (Fsp3) is 0.364. The molecule has 3 aromatic heterocycles. The number of aromatic nitrogens is 4. The zero-order chi connectivity index (χ0) is 22.3. The Morgan fingerprint density at radius 2 is 2.06 bits per heavy atom. The van der Waals surface area contributed by atoms with Crippen molar-refractivity contribution < 1.29 is 17.6 Å². The molecule has 0 bridgehead atoms. The maximum Gasteiger partial charge on any atom is 0.419 e. The maximum atomic E-state index is 13.8. The van der Waals surface area contributed by atoms with Gasteiger partial charge in [0.15, 0.2) is 12.2 Å². The number of hydrogen-bond acceptors (Lipinski definition) is 7. The molecule has 166 valence electrons. The van der Waals surface area contributed by atoms with Crippen LogP contribution in [0.1, 0.15) is 41.1 Å². The van der Waals surface area contributed by atoms with Crippen LogP contribution in [0.25, 0.3) is 17.0 Å². The van der Waals surface area contributed by atoms with Gasteiger partial charge >= 0.3 is 6.18 Å². The number of hydrogen-bond donors (Lipinski definition) is 2. The highest BCUT2D eigenvalue weighted by atomic mass is 19.4. The minimum absolute atomic E-state index is 0.0764. The molecule has 0 spiro atoms. The van der Waals surface area contributed by atoms with Crippen molar-refractivity contribution in [2.75, 3.05) is 18.4 Å². The highest BCUT2D eigenvalue weighted by Gasteiger charge is 2.37. The number of nitrogens with one attached hydrogen (secondary N) is 2. The van der Waals surface area contributed by atoms with Crippen LogP contribution in [-0.2, 0) is 12.6 Å². The number of alkyl halides is 3. The van der Waals surface area contributed by atoms with Crippen LogP contribution >= 0.6 is 0 Å². The number of oxazole rings is 1. The number of pyridine rings is 1. The molecule has 1 aliphatic carbocycles. The first-order chi connectivity index (χ1) is 15.4. The molecule has 5 rings (SSSR count). The SMILES string of the molecule is Cc1ncoc1-c1ccc2c(n1)CC=C2c1nc(N[C@H]2CCCNC2)ncc1C(F)(F)F. The lowest BCUT2D eigenvalue weighted by molar-refractivity contribution is -0.138. The molecule has 1 fully saturated rings. The van der Waals surface area contributed by atoms with Crippen LogP contribution < -0.4 is 10.6 Å². The van der Waals surface area contributed by atoms with Gasteiger partial charge in [0.05, 0.1) is 17.1 Å². The monoisotopic (exact) mass is 442 g/mol. The summed E-state index contributed by atoms with van der Waals surface area (Å²) in [7, 11) is 0. The molecule has 2 N–H and O–H groups in total. The maximum absolute atomic E-state index is 13.8. The Kier molecular flexibility index (Phi) is 5.16. The molecule has 32 heavy (non-hydrogen) atoms. The van der Waals surface area contributed by atoms with E-state index in [4.69, 9.17) is 4.42 Å². The van der Waals surface area contributed by atoms with Crippen molar-refractivity contribution in [2.45, 2.75) is 38.4 Å². The van der Waals surface area contributed by atoms with Crippen LogP contribution in [0.2, 0.25) is 0 Å². The summed E-state index contributed by atoms with van der Waals surface area (Å²) in [4.78, 5) is 16.9. The molecular weight excluding hydrogens is 421 g/mol. The third-order valence-corrected chi connectivity index (χ3v) is 5.72. The smallest absolute Gasteiger partial charge is 0.419 e. The lowest BCUT2D eigenvalue weighted by Crippen LogP contribution is -2.38. The lowest BCUT2D eigenvalue weighted by Gasteiger charge is -2.24. The zero-order valence-electron chi connectivity index (χ0n) is 17.3. The van der Waals surface area contributed by atoms with Crippen LogP contribution in [0.4, 0.5) is 19.1 Å². The van der Waals surface area contributed by atoms with Gasteiger partial charge < -0.3 is 15.1 Å². The van der Waals surface area contributed by atoms with E-state index >= 15 is 0 Å². The van der Waals surface area contributed by atoms with Crippen molar-refractivity contribution in [3.05, 3.63) is 59.0 Å². The fourth-order valence-corrected chi connectivity index (χ4v) is 4.13. The van der Waals surface area contributed by atoms with Gasteiger partial charge in [-0.25, -0.2) is 19.9 Å². The van der Waals surface area contributed by atoms with Crippen LogP contribution in [0, 0.1) is 6.92 Å². The Morgan fingerprint density at radius 3 is 2.78 bits per heavy atom. The van der Waals surface area contributed by atoms with E-state index in [-0.39, 0.29) is 17.7 Å². The third-order valence-electron chi connectivity index (χ3n) is 5.72. The van der Waals surface area contributed by atoms with Gasteiger partial charge in [-0.2, -0.15) is 13.2 Å². The predicted octanol–water partition coefficient (Wildman–Crippen LogP) is 4.01. The molecule has 1 aliphatic heterocycles. The topological polar surface area (TPSA) is 88.8 Å². The summed E-state index contributed by atoms with van der Waals surface area (Å²) < 4.78 is 46.8. The van der Waals surface area contributed by atoms with Crippen molar-refractivity contribution in [1.82, 2.24) is 25.3 Å². The number of aryl methyl sites for hydroxylation is 1. The van der Waals surface area contributed by atoms with E-state index in [1.54, 1.807) is 18.2 Å². The average Bonchev–Trinajstić information content (AvgIpc) is 3.39. The van der Waals surface area contributed by atoms with E-state index in [2.05, 4.69) is 30.6 Å². The summed E-state index contributed by atoms with van der Waals surface area (Å²) >= 11 is 0. The minimum atomic E-state index is -4.58. The molecule has 0 saturated carbocycles. The fourth-order valence-electron chi connectivity index (χ4n) is 4.13. The molecule has 10 heteroatoms. The van der Waals surface area contributed by atoms with Crippen LogP contribution in [0.15, 0.2) is 35.2 Å². The lowest BCUT2D eigenvalue weighted by atomic mass is 10.0. The molecule has 7 nitrogen and oxygen atoms in total.